The van der Waals surface area contributed by atoms with Crippen LogP contribution in [0.5, 0.6) is 0 Å². The van der Waals surface area contributed by atoms with Gasteiger partial charge in [-0.3, -0.25) is 4.68 Å². The molecule has 0 amide bonds. The van der Waals surface area contributed by atoms with Gasteiger partial charge in [0.2, 0.25) is 0 Å². The highest BCUT2D eigenvalue weighted by Crippen LogP contribution is 2.06. The SMILES string of the molecule is CCCNC(CCN(CC)CC)Cc1cnn(C)c1. The van der Waals surface area contributed by atoms with Crippen molar-refractivity contribution >= 4 is 0 Å². The standard InChI is InChI=1S/C15H30N4/c1-5-9-16-15(8-10-19(6-2)7-3)11-14-12-17-18(4)13-14/h12-13,15-16H,5-11H2,1-4H3. The first-order valence-corrected chi connectivity index (χ1v) is 7.62. The molecule has 0 bridgehead atoms. The van der Waals surface area contributed by atoms with Crippen LogP contribution in [0.15, 0.2) is 12.4 Å². The quantitative estimate of drug-likeness (QED) is 0.704. The molecule has 0 radical (unpaired) electrons. The summed E-state index contributed by atoms with van der Waals surface area (Å²) >= 11 is 0. The van der Waals surface area contributed by atoms with E-state index in [-0.39, 0.29) is 0 Å². The second-order valence-electron chi connectivity index (χ2n) is 5.19. The monoisotopic (exact) mass is 266 g/mol. The van der Waals surface area contributed by atoms with Crippen molar-refractivity contribution in [2.45, 2.75) is 46.1 Å². The van der Waals surface area contributed by atoms with Gasteiger partial charge in [0.05, 0.1) is 6.20 Å². The Hall–Kier alpha value is -0.870. The van der Waals surface area contributed by atoms with Gasteiger partial charge in [-0.05, 0) is 51.0 Å². The third-order valence-electron chi connectivity index (χ3n) is 3.61. The Bertz CT molecular complexity index is 331. The van der Waals surface area contributed by atoms with E-state index < -0.39 is 0 Å². The molecule has 0 saturated heterocycles. The van der Waals surface area contributed by atoms with Gasteiger partial charge in [-0.25, -0.2) is 0 Å². The Morgan fingerprint density at radius 2 is 2.05 bits per heavy atom. The van der Waals surface area contributed by atoms with E-state index in [0.29, 0.717) is 6.04 Å². The van der Waals surface area contributed by atoms with Crippen LogP contribution in [0.3, 0.4) is 0 Å². The summed E-state index contributed by atoms with van der Waals surface area (Å²) < 4.78 is 1.89. The molecular formula is C15H30N4. The third kappa shape index (κ3) is 6.21. The summed E-state index contributed by atoms with van der Waals surface area (Å²) in [5.41, 5.74) is 1.33. The molecule has 0 saturated carbocycles. The second kappa shape index (κ2) is 9.10. The first kappa shape index (κ1) is 16.2. The summed E-state index contributed by atoms with van der Waals surface area (Å²) in [5.74, 6) is 0. The Labute approximate surface area is 118 Å². The topological polar surface area (TPSA) is 33.1 Å². The molecule has 1 heterocycles. The lowest BCUT2D eigenvalue weighted by Crippen LogP contribution is -2.36. The molecule has 1 aromatic heterocycles. The molecule has 0 aromatic carbocycles. The van der Waals surface area contributed by atoms with Gasteiger partial charge in [0, 0.05) is 19.3 Å². The largest absolute Gasteiger partial charge is 0.314 e. The molecule has 1 unspecified atom stereocenters. The maximum Gasteiger partial charge on any atom is 0.0522 e. The van der Waals surface area contributed by atoms with Crippen LogP contribution in [0.2, 0.25) is 0 Å². The number of nitrogens with one attached hydrogen (secondary N) is 1. The first-order chi connectivity index (χ1) is 9.19. The number of aryl methyl sites for hydroxylation is 1. The van der Waals surface area contributed by atoms with Gasteiger partial charge >= 0.3 is 0 Å². The fraction of sp³-hybridized carbons (Fsp3) is 0.800. The number of nitrogens with zero attached hydrogens (tertiary/aromatic N) is 3. The van der Waals surface area contributed by atoms with Crippen LogP contribution in [-0.2, 0) is 13.5 Å². The summed E-state index contributed by atoms with van der Waals surface area (Å²) in [6.45, 7) is 11.3. The van der Waals surface area contributed by atoms with Crippen LogP contribution in [0.25, 0.3) is 0 Å². The van der Waals surface area contributed by atoms with Crippen molar-refractivity contribution in [3.63, 3.8) is 0 Å². The molecule has 1 atom stereocenters. The van der Waals surface area contributed by atoms with Crippen LogP contribution in [-0.4, -0.2) is 46.9 Å². The van der Waals surface area contributed by atoms with E-state index in [4.69, 9.17) is 0 Å². The van der Waals surface area contributed by atoms with E-state index in [1.807, 2.05) is 17.9 Å². The second-order valence-corrected chi connectivity index (χ2v) is 5.19. The lowest BCUT2D eigenvalue weighted by Gasteiger charge is -2.23. The van der Waals surface area contributed by atoms with Crippen molar-refractivity contribution in [3.8, 4) is 0 Å². The molecule has 0 aliphatic rings. The summed E-state index contributed by atoms with van der Waals surface area (Å²) in [5, 5.41) is 7.92. The molecule has 1 N–H and O–H groups in total. The Morgan fingerprint density at radius 3 is 2.58 bits per heavy atom. The lowest BCUT2D eigenvalue weighted by atomic mass is 10.1. The van der Waals surface area contributed by atoms with Crippen LogP contribution in [0.1, 0.15) is 39.2 Å². The Balaban J connectivity index is 2.46. The number of aromatic nitrogens is 2. The zero-order valence-corrected chi connectivity index (χ0v) is 13.0. The van der Waals surface area contributed by atoms with E-state index in [0.717, 1.165) is 26.1 Å². The Morgan fingerprint density at radius 1 is 1.32 bits per heavy atom. The van der Waals surface area contributed by atoms with Gasteiger partial charge in [-0.1, -0.05) is 20.8 Å². The fourth-order valence-corrected chi connectivity index (χ4v) is 2.36. The van der Waals surface area contributed by atoms with E-state index >= 15 is 0 Å². The highest BCUT2D eigenvalue weighted by atomic mass is 15.2. The Kier molecular flexibility index (Phi) is 7.75. The molecule has 1 aromatic rings. The van der Waals surface area contributed by atoms with Gasteiger partial charge in [0.15, 0.2) is 0 Å². The highest BCUT2D eigenvalue weighted by molar-refractivity contribution is 5.06. The average molecular weight is 266 g/mol. The number of rotatable bonds is 10. The normalized spacial score (nSPS) is 13.1. The maximum absolute atomic E-state index is 4.26. The maximum atomic E-state index is 4.26. The van der Waals surface area contributed by atoms with Gasteiger partial charge < -0.3 is 10.2 Å². The van der Waals surface area contributed by atoms with E-state index in [1.54, 1.807) is 0 Å². The molecule has 4 nitrogen and oxygen atoms in total. The predicted molar refractivity (Wildman–Crippen MR) is 81.4 cm³/mol. The summed E-state index contributed by atoms with van der Waals surface area (Å²) in [4.78, 5) is 2.49. The smallest absolute Gasteiger partial charge is 0.0522 e. The zero-order chi connectivity index (χ0) is 14.1. The van der Waals surface area contributed by atoms with Crippen LogP contribution in [0, 0.1) is 0 Å². The van der Waals surface area contributed by atoms with Gasteiger partial charge in [-0.15, -0.1) is 0 Å². The zero-order valence-electron chi connectivity index (χ0n) is 13.0. The van der Waals surface area contributed by atoms with E-state index in [1.165, 1.54) is 24.9 Å². The first-order valence-electron chi connectivity index (χ1n) is 7.62. The summed E-state index contributed by atoms with van der Waals surface area (Å²) in [6, 6.07) is 0.560. The van der Waals surface area contributed by atoms with Crippen molar-refractivity contribution in [1.82, 2.24) is 20.0 Å². The molecule has 110 valence electrons. The molecule has 0 aliphatic carbocycles. The van der Waals surface area contributed by atoms with Crippen LogP contribution < -0.4 is 5.32 Å². The van der Waals surface area contributed by atoms with Gasteiger partial charge in [-0.2, -0.15) is 5.10 Å². The van der Waals surface area contributed by atoms with Gasteiger partial charge in [0.1, 0.15) is 0 Å². The number of hydrogen-bond donors (Lipinski definition) is 1. The minimum absolute atomic E-state index is 0.560. The predicted octanol–water partition coefficient (Wildman–Crippen LogP) is 2.06. The number of hydrogen-bond acceptors (Lipinski definition) is 3. The van der Waals surface area contributed by atoms with Crippen LogP contribution in [0.4, 0.5) is 0 Å². The van der Waals surface area contributed by atoms with Crippen molar-refractivity contribution in [1.29, 1.82) is 0 Å². The lowest BCUT2D eigenvalue weighted by molar-refractivity contribution is 0.280. The van der Waals surface area contributed by atoms with Crippen molar-refractivity contribution in [3.05, 3.63) is 18.0 Å². The summed E-state index contributed by atoms with van der Waals surface area (Å²) in [7, 11) is 1.98. The van der Waals surface area contributed by atoms with E-state index in [2.05, 4.69) is 42.3 Å². The third-order valence-corrected chi connectivity index (χ3v) is 3.61. The van der Waals surface area contributed by atoms with Crippen molar-refractivity contribution < 1.29 is 0 Å². The highest BCUT2D eigenvalue weighted by Gasteiger charge is 2.11. The fourth-order valence-electron chi connectivity index (χ4n) is 2.36. The molecule has 0 fully saturated rings. The molecule has 0 aliphatic heterocycles. The minimum atomic E-state index is 0.560. The molecule has 1 rings (SSSR count). The molecule has 4 heteroatoms. The van der Waals surface area contributed by atoms with Crippen molar-refractivity contribution in [2.75, 3.05) is 26.2 Å². The van der Waals surface area contributed by atoms with E-state index in [9.17, 15) is 0 Å². The molecule has 19 heavy (non-hydrogen) atoms. The summed E-state index contributed by atoms with van der Waals surface area (Å²) in [6.07, 6.45) is 7.58. The molecule has 0 spiro atoms. The van der Waals surface area contributed by atoms with Gasteiger partial charge in [0.25, 0.3) is 0 Å². The minimum Gasteiger partial charge on any atom is -0.314 e. The molecular weight excluding hydrogens is 236 g/mol. The average Bonchev–Trinajstić information content (AvgIpc) is 2.82. The van der Waals surface area contributed by atoms with Crippen molar-refractivity contribution in [2.24, 2.45) is 7.05 Å². The van der Waals surface area contributed by atoms with Crippen LogP contribution >= 0.6 is 0 Å².